The van der Waals surface area contributed by atoms with Gasteiger partial charge in [0, 0.05) is 4.47 Å². The molecule has 1 aromatic carbocycles. The predicted octanol–water partition coefficient (Wildman–Crippen LogP) is 2.40. The van der Waals surface area contributed by atoms with Crippen LogP contribution in [0, 0.1) is 0 Å². The van der Waals surface area contributed by atoms with Crippen molar-refractivity contribution in [3.8, 4) is 0 Å². The molecule has 2 N–H and O–H groups in total. The lowest BCUT2D eigenvalue weighted by molar-refractivity contribution is 0.0540. The molecule has 1 unspecified atom stereocenters. The number of alkyl carbamates (subject to hydrolysis) is 1. The zero-order valence-corrected chi connectivity index (χ0v) is 11.5. The summed E-state index contributed by atoms with van der Waals surface area (Å²) in [7, 11) is 0. The fourth-order valence-electron chi connectivity index (χ4n) is 1.34. The van der Waals surface area contributed by atoms with E-state index in [2.05, 4.69) is 21.2 Å². The van der Waals surface area contributed by atoms with E-state index < -0.39 is 11.7 Å². The van der Waals surface area contributed by atoms with Crippen LogP contribution in [-0.4, -0.2) is 24.4 Å². The zero-order valence-electron chi connectivity index (χ0n) is 9.87. The van der Waals surface area contributed by atoms with Gasteiger partial charge < -0.3 is 15.2 Å². The number of ether oxygens (including phenoxy) is 1. The summed E-state index contributed by atoms with van der Waals surface area (Å²) in [5, 5.41) is 12.7. The molecule has 0 aromatic heterocycles. The maximum absolute atomic E-state index is 11.1. The van der Waals surface area contributed by atoms with Crippen molar-refractivity contribution in [1.82, 2.24) is 5.32 Å². The molecule has 0 radical (unpaired) electrons. The quantitative estimate of drug-likeness (QED) is 0.898. The lowest BCUT2D eigenvalue weighted by Gasteiger charge is -2.24. The summed E-state index contributed by atoms with van der Waals surface area (Å²) >= 11 is 3.32. The van der Waals surface area contributed by atoms with Crippen LogP contribution in [0.4, 0.5) is 4.79 Å². The van der Waals surface area contributed by atoms with Crippen molar-refractivity contribution in [2.24, 2.45) is 0 Å². The van der Waals surface area contributed by atoms with Crippen molar-refractivity contribution in [2.45, 2.75) is 19.4 Å². The number of nitrogens with one attached hydrogen (secondary N) is 1. The Morgan fingerprint density at radius 3 is 2.59 bits per heavy atom. The summed E-state index contributed by atoms with van der Waals surface area (Å²) in [4.78, 5) is 11.1. The molecule has 0 spiro atoms. The van der Waals surface area contributed by atoms with Crippen molar-refractivity contribution in [2.75, 3.05) is 13.2 Å². The minimum Gasteiger partial charge on any atom is -0.450 e. The Morgan fingerprint density at radius 1 is 1.47 bits per heavy atom. The van der Waals surface area contributed by atoms with E-state index >= 15 is 0 Å². The minimum atomic E-state index is -1.12. The molecule has 0 saturated carbocycles. The number of amides is 1. The summed E-state index contributed by atoms with van der Waals surface area (Å²) < 4.78 is 5.66. The van der Waals surface area contributed by atoms with E-state index in [1.807, 2.05) is 12.1 Å². The predicted molar refractivity (Wildman–Crippen MR) is 68.7 cm³/mol. The van der Waals surface area contributed by atoms with Gasteiger partial charge in [-0.3, -0.25) is 0 Å². The van der Waals surface area contributed by atoms with Crippen molar-refractivity contribution < 1.29 is 14.6 Å². The molecule has 0 bridgehead atoms. The standard InChI is InChI=1S/C12H16BrNO3/c1-3-17-11(15)14-8-12(2,16)9-4-6-10(13)7-5-9/h4-7,16H,3,8H2,1-2H3,(H,14,15). The van der Waals surface area contributed by atoms with E-state index in [1.54, 1.807) is 26.0 Å². The highest BCUT2D eigenvalue weighted by Gasteiger charge is 2.23. The molecular formula is C12H16BrNO3. The number of hydrogen-bond acceptors (Lipinski definition) is 3. The van der Waals surface area contributed by atoms with Gasteiger partial charge in [0.05, 0.1) is 13.2 Å². The Morgan fingerprint density at radius 2 is 2.06 bits per heavy atom. The number of benzene rings is 1. The average Bonchev–Trinajstić information content (AvgIpc) is 2.28. The first-order valence-corrected chi connectivity index (χ1v) is 6.14. The molecule has 0 heterocycles. The van der Waals surface area contributed by atoms with Crippen LogP contribution >= 0.6 is 15.9 Å². The Hall–Kier alpha value is -1.07. The van der Waals surface area contributed by atoms with Gasteiger partial charge in [-0.1, -0.05) is 28.1 Å². The van der Waals surface area contributed by atoms with Crippen LogP contribution in [-0.2, 0) is 10.3 Å². The van der Waals surface area contributed by atoms with E-state index in [0.29, 0.717) is 6.61 Å². The van der Waals surface area contributed by atoms with Gasteiger partial charge in [0.1, 0.15) is 5.60 Å². The summed E-state index contributed by atoms with van der Waals surface area (Å²) in [6.07, 6.45) is -0.523. The maximum atomic E-state index is 11.1. The van der Waals surface area contributed by atoms with Gasteiger partial charge in [-0.2, -0.15) is 0 Å². The Balaban J connectivity index is 2.61. The fraction of sp³-hybridized carbons (Fsp3) is 0.417. The van der Waals surface area contributed by atoms with Crippen LogP contribution in [0.5, 0.6) is 0 Å². The zero-order chi connectivity index (χ0) is 12.9. The second-order valence-corrected chi connectivity index (χ2v) is 4.77. The normalized spacial score (nSPS) is 13.9. The van der Waals surface area contributed by atoms with Crippen LogP contribution in [0.1, 0.15) is 19.4 Å². The number of carbonyl (C=O) groups excluding carboxylic acids is 1. The summed E-state index contributed by atoms with van der Waals surface area (Å²) in [5.41, 5.74) is -0.384. The minimum absolute atomic E-state index is 0.105. The molecule has 0 aliphatic carbocycles. The molecule has 0 aliphatic heterocycles. The molecule has 4 nitrogen and oxygen atoms in total. The topological polar surface area (TPSA) is 58.6 Å². The highest BCUT2D eigenvalue weighted by atomic mass is 79.9. The highest BCUT2D eigenvalue weighted by Crippen LogP contribution is 2.21. The molecule has 1 rings (SSSR count). The summed E-state index contributed by atoms with van der Waals surface area (Å²) in [6, 6.07) is 7.29. The summed E-state index contributed by atoms with van der Waals surface area (Å²) in [6.45, 7) is 3.79. The molecule has 5 heteroatoms. The molecule has 94 valence electrons. The van der Waals surface area contributed by atoms with Gasteiger partial charge in [0.15, 0.2) is 0 Å². The van der Waals surface area contributed by atoms with Gasteiger partial charge in [0.2, 0.25) is 0 Å². The van der Waals surface area contributed by atoms with Crippen molar-refractivity contribution in [1.29, 1.82) is 0 Å². The lowest BCUT2D eigenvalue weighted by Crippen LogP contribution is -2.38. The smallest absolute Gasteiger partial charge is 0.407 e. The van der Waals surface area contributed by atoms with E-state index in [-0.39, 0.29) is 6.54 Å². The van der Waals surface area contributed by atoms with Crippen molar-refractivity contribution >= 4 is 22.0 Å². The van der Waals surface area contributed by atoms with Crippen LogP contribution in [0.15, 0.2) is 28.7 Å². The molecule has 1 aromatic rings. The molecular weight excluding hydrogens is 286 g/mol. The largest absolute Gasteiger partial charge is 0.450 e. The first-order valence-electron chi connectivity index (χ1n) is 5.35. The van der Waals surface area contributed by atoms with Crippen LogP contribution in [0.2, 0.25) is 0 Å². The number of carbonyl (C=O) groups is 1. The van der Waals surface area contributed by atoms with Crippen LogP contribution in [0.3, 0.4) is 0 Å². The van der Waals surface area contributed by atoms with Gasteiger partial charge >= 0.3 is 6.09 Å². The third kappa shape index (κ3) is 4.36. The van der Waals surface area contributed by atoms with Gasteiger partial charge in [0.25, 0.3) is 0 Å². The third-order valence-electron chi connectivity index (χ3n) is 2.32. The van der Waals surface area contributed by atoms with Gasteiger partial charge in [-0.05, 0) is 31.5 Å². The Labute approximate surface area is 109 Å². The lowest BCUT2D eigenvalue weighted by atomic mass is 9.96. The third-order valence-corrected chi connectivity index (χ3v) is 2.85. The number of aliphatic hydroxyl groups is 1. The average molecular weight is 302 g/mol. The van der Waals surface area contributed by atoms with Crippen LogP contribution < -0.4 is 5.32 Å². The van der Waals surface area contributed by atoms with Crippen LogP contribution in [0.25, 0.3) is 0 Å². The maximum Gasteiger partial charge on any atom is 0.407 e. The van der Waals surface area contributed by atoms with Crippen molar-refractivity contribution in [3.05, 3.63) is 34.3 Å². The molecule has 17 heavy (non-hydrogen) atoms. The number of hydrogen-bond donors (Lipinski definition) is 2. The van der Waals surface area contributed by atoms with Crippen molar-refractivity contribution in [3.63, 3.8) is 0 Å². The fourth-order valence-corrected chi connectivity index (χ4v) is 1.60. The van der Waals surface area contributed by atoms with E-state index in [9.17, 15) is 9.90 Å². The molecule has 0 aliphatic rings. The van der Waals surface area contributed by atoms with E-state index in [0.717, 1.165) is 10.0 Å². The number of rotatable bonds is 4. The van der Waals surface area contributed by atoms with E-state index in [1.165, 1.54) is 0 Å². The molecule has 1 atom stereocenters. The first-order chi connectivity index (χ1) is 7.95. The highest BCUT2D eigenvalue weighted by molar-refractivity contribution is 9.10. The summed E-state index contributed by atoms with van der Waals surface area (Å²) in [5.74, 6) is 0. The second kappa shape index (κ2) is 6.02. The molecule has 1 amide bonds. The number of halogens is 1. The van der Waals surface area contributed by atoms with Gasteiger partial charge in [-0.25, -0.2) is 4.79 Å². The molecule has 0 fully saturated rings. The van der Waals surface area contributed by atoms with Gasteiger partial charge in [-0.15, -0.1) is 0 Å². The Bertz CT molecular complexity index is 376. The Kier molecular flexibility index (Phi) is 4.96. The first kappa shape index (κ1) is 14.0. The second-order valence-electron chi connectivity index (χ2n) is 3.85. The SMILES string of the molecule is CCOC(=O)NCC(C)(O)c1ccc(Br)cc1. The molecule has 0 saturated heterocycles. The van der Waals surface area contributed by atoms with E-state index in [4.69, 9.17) is 4.74 Å². The monoisotopic (exact) mass is 301 g/mol.